The molecule has 0 saturated carbocycles. The molecule has 1 amide bonds. The molecule has 0 radical (unpaired) electrons. The number of Topliss-reactive ketones (excluding diaryl/α,β-unsaturated/α-hetero) is 1. The van der Waals surface area contributed by atoms with Crippen molar-refractivity contribution in [3.8, 4) is 0 Å². The fourth-order valence-corrected chi connectivity index (χ4v) is 2.79. The lowest BCUT2D eigenvalue weighted by molar-refractivity contribution is -0.141. The van der Waals surface area contributed by atoms with Crippen LogP contribution in [0.5, 0.6) is 0 Å². The molecule has 0 aliphatic carbocycles. The number of ether oxygens (including phenoxy) is 1. The molecule has 0 bridgehead atoms. The molecule has 0 aliphatic heterocycles. The minimum Gasteiger partial charge on any atom is -0.456 e. The molecule has 2 rings (SSSR count). The number of esters is 1. The van der Waals surface area contributed by atoms with Crippen molar-refractivity contribution in [1.29, 1.82) is 0 Å². The van der Waals surface area contributed by atoms with Crippen molar-refractivity contribution in [2.24, 2.45) is 0 Å². The number of ketones is 1. The van der Waals surface area contributed by atoms with Crippen LogP contribution in [0.25, 0.3) is 0 Å². The van der Waals surface area contributed by atoms with Gasteiger partial charge in [-0.05, 0) is 35.1 Å². The van der Waals surface area contributed by atoms with Crippen molar-refractivity contribution >= 4 is 17.7 Å². The molecule has 0 spiro atoms. The predicted octanol–water partition coefficient (Wildman–Crippen LogP) is 4.09. The summed E-state index contributed by atoms with van der Waals surface area (Å²) in [4.78, 5) is 36.4. The monoisotopic (exact) mass is 381 g/mol. The third kappa shape index (κ3) is 5.78. The van der Waals surface area contributed by atoms with Gasteiger partial charge in [-0.25, -0.2) is 0 Å². The van der Waals surface area contributed by atoms with Crippen LogP contribution in [-0.2, 0) is 9.53 Å². The van der Waals surface area contributed by atoms with Crippen molar-refractivity contribution < 1.29 is 19.1 Å². The Kier molecular flexibility index (Phi) is 7.50. The summed E-state index contributed by atoms with van der Waals surface area (Å²) >= 11 is 0. The number of carbonyl (C=O) groups excluding carboxylic acids is 3. The molecule has 2 aromatic carbocycles. The topological polar surface area (TPSA) is 72.5 Å². The Morgan fingerprint density at radius 3 is 2.21 bits per heavy atom. The van der Waals surface area contributed by atoms with Crippen LogP contribution >= 0.6 is 0 Å². The SMILES string of the molecule is CC(C)c1ccc(C(=O)COC(=O)CNC(=O)c2ccccc2)c(C(C)C)c1. The molecule has 5 heteroatoms. The number of benzene rings is 2. The maximum atomic E-state index is 12.6. The first kappa shape index (κ1) is 21.4. The van der Waals surface area contributed by atoms with Crippen LogP contribution in [0.2, 0.25) is 0 Å². The van der Waals surface area contributed by atoms with E-state index in [-0.39, 0.29) is 30.8 Å². The van der Waals surface area contributed by atoms with E-state index in [4.69, 9.17) is 4.74 Å². The van der Waals surface area contributed by atoms with Crippen LogP contribution in [0, 0.1) is 0 Å². The summed E-state index contributed by atoms with van der Waals surface area (Å²) in [6.07, 6.45) is 0. The molecule has 1 N–H and O–H groups in total. The molecular formula is C23H27NO4. The van der Waals surface area contributed by atoms with Gasteiger partial charge in [0.1, 0.15) is 6.54 Å². The zero-order valence-electron chi connectivity index (χ0n) is 16.8. The smallest absolute Gasteiger partial charge is 0.325 e. The molecular weight excluding hydrogens is 354 g/mol. The lowest BCUT2D eigenvalue weighted by atomic mass is 9.90. The van der Waals surface area contributed by atoms with E-state index in [2.05, 4.69) is 19.2 Å². The van der Waals surface area contributed by atoms with E-state index in [1.807, 2.05) is 26.0 Å². The highest BCUT2D eigenvalue weighted by molar-refractivity contribution is 6.00. The van der Waals surface area contributed by atoms with Crippen molar-refractivity contribution in [3.63, 3.8) is 0 Å². The van der Waals surface area contributed by atoms with Gasteiger partial charge in [0.25, 0.3) is 5.91 Å². The van der Waals surface area contributed by atoms with Gasteiger partial charge in [0.2, 0.25) is 5.78 Å². The average molecular weight is 381 g/mol. The average Bonchev–Trinajstić information content (AvgIpc) is 2.70. The zero-order chi connectivity index (χ0) is 20.7. The van der Waals surface area contributed by atoms with Crippen molar-refractivity contribution in [1.82, 2.24) is 5.32 Å². The number of nitrogens with one attached hydrogen (secondary N) is 1. The van der Waals surface area contributed by atoms with E-state index in [1.165, 1.54) is 5.56 Å². The first-order chi connectivity index (χ1) is 13.3. The Bertz CT molecular complexity index is 841. The Balaban J connectivity index is 1.92. The summed E-state index contributed by atoms with van der Waals surface area (Å²) in [6, 6.07) is 14.4. The molecule has 0 saturated heterocycles. The quantitative estimate of drug-likeness (QED) is 0.552. The van der Waals surface area contributed by atoms with Gasteiger partial charge in [0.15, 0.2) is 6.61 Å². The number of rotatable bonds is 8. The summed E-state index contributed by atoms with van der Waals surface area (Å²) < 4.78 is 5.05. The summed E-state index contributed by atoms with van der Waals surface area (Å²) in [5.74, 6) is -0.717. The van der Waals surface area contributed by atoms with Gasteiger partial charge in [-0.2, -0.15) is 0 Å². The van der Waals surface area contributed by atoms with Gasteiger partial charge in [0.05, 0.1) is 0 Å². The fourth-order valence-electron chi connectivity index (χ4n) is 2.79. The second-order valence-corrected chi connectivity index (χ2v) is 7.29. The largest absolute Gasteiger partial charge is 0.456 e. The Morgan fingerprint density at radius 2 is 1.61 bits per heavy atom. The summed E-state index contributed by atoms with van der Waals surface area (Å²) in [5.41, 5.74) is 3.14. The van der Waals surface area contributed by atoms with E-state index in [0.717, 1.165) is 5.56 Å². The highest BCUT2D eigenvalue weighted by atomic mass is 16.5. The van der Waals surface area contributed by atoms with Crippen molar-refractivity contribution in [3.05, 3.63) is 70.8 Å². The third-order valence-corrected chi connectivity index (χ3v) is 4.46. The second-order valence-electron chi connectivity index (χ2n) is 7.29. The first-order valence-corrected chi connectivity index (χ1v) is 9.45. The van der Waals surface area contributed by atoms with Crippen molar-refractivity contribution in [2.45, 2.75) is 39.5 Å². The molecule has 148 valence electrons. The van der Waals surface area contributed by atoms with Crippen LogP contribution in [0.1, 0.15) is 71.4 Å². The fraction of sp³-hybridized carbons (Fsp3) is 0.348. The van der Waals surface area contributed by atoms with Gasteiger partial charge in [-0.3, -0.25) is 14.4 Å². The molecule has 0 unspecified atom stereocenters. The molecule has 28 heavy (non-hydrogen) atoms. The number of carbonyl (C=O) groups is 3. The van der Waals surface area contributed by atoms with Gasteiger partial charge in [0, 0.05) is 11.1 Å². The molecule has 0 atom stereocenters. The van der Waals surface area contributed by atoms with E-state index in [0.29, 0.717) is 17.0 Å². The number of hydrogen-bond donors (Lipinski definition) is 1. The first-order valence-electron chi connectivity index (χ1n) is 9.45. The maximum Gasteiger partial charge on any atom is 0.325 e. The summed E-state index contributed by atoms with van der Waals surface area (Å²) in [6.45, 7) is 7.63. The Labute approximate surface area is 166 Å². The van der Waals surface area contributed by atoms with Crippen LogP contribution in [0.3, 0.4) is 0 Å². The van der Waals surface area contributed by atoms with Crippen molar-refractivity contribution in [2.75, 3.05) is 13.2 Å². The van der Waals surface area contributed by atoms with Gasteiger partial charge < -0.3 is 10.1 Å². The van der Waals surface area contributed by atoms with Crippen LogP contribution in [0.4, 0.5) is 0 Å². The number of amides is 1. The van der Waals surface area contributed by atoms with E-state index < -0.39 is 5.97 Å². The minimum atomic E-state index is -0.650. The molecule has 0 heterocycles. The summed E-state index contributed by atoms with van der Waals surface area (Å²) in [5, 5.41) is 2.49. The Hall–Kier alpha value is -2.95. The third-order valence-electron chi connectivity index (χ3n) is 4.46. The van der Waals surface area contributed by atoms with Crippen LogP contribution in [0.15, 0.2) is 48.5 Å². The van der Waals surface area contributed by atoms with Crippen LogP contribution in [-0.4, -0.2) is 30.8 Å². The van der Waals surface area contributed by atoms with Gasteiger partial charge in [-0.15, -0.1) is 0 Å². The number of hydrogen-bond acceptors (Lipinski definition) is 4. The van der Waals surface area contributed by atoms with E-state index in [1.54, 1.807) is 36.4 Å². The normalized spacial score (nSPS) is 10.8. The predicted molar refractivity (Wildman–Crippen MR) is 109 cm³/mol. The summed E-state index contributed by atoms with van der Waals surface area (Å²) in [7, 11) is 0. The van der Waals surface area contributed by atoms with Crippen LogP contribution < -0.4 is 5.32 Å². The molecule has 0 aromatic heterocycles. The van der Waals surface area contributed by atoms with E-state index >= 15 is 0 Å². The Morgan fingerprint density at radius 1 is 0.929 bits per heavy atom. The molecule has 0 aliphatic rings. The minimum absolute atomic E-state index is 0.179. The maximum absolute atomic E-state index is 12.6. The standard InChI is InChI=1S/C23H27NO4/c1-15(2)18-10-11-19(20(12-18)16(3)4)21(25)14-28-22(26)13-24-23(27)17-8-6-5-7-9-17/h5-12,15-16H,13-14H2,1-4H3,(H,24,27). The lowest BCUT2D eigenvalue weighted by Crippen LogP contribution is -2.31. The van der Waals surface area contributed by atoms with Gasteiger partial charge >= 0.3 is 5.97 Å². The molecule has 2 aromatic rings. The van der Waals surface area contributed by atoms with E-state index in [9.17, 15) is 14.4 Å². The highest BCUT2D eigenvalue weighted by Crippen LogP contribution is 2.25. The molecule has 5 nitrogen and oxygen atoms in total. The second kappa shape index (κ2) is 9.83. The highest BCUT2D eigenvalue weighted by Gasteiger charge is 2.17. The zero-order valence-corrected chi connectivity index (χ0v) is 16.8. The lowest BCUT2D eigenvalue weighted by Gasteiger charge is -2.16. The van der Waals surface area contributed by atoms with Gasteiger partial charge in [-0.1, -0.05) is 64.1 Å². The molecule has 0 fully saturated rings.